The van der Waals surface area contributed by atoms with Crippen molar-refractivity contribution >= 4 is 28.4 Å². The average Bonchev–Trinajstić information content (AvgIpc) is 2.68. The second kappa shape index (κ2) is 7.50. The Balaban J connectivity index is 1.77. The third-order valence-corrected chi connectivity index (χ3v) is 5.36. The zero-order valence-electron chi connectivity index (χ0n) is 16.4. The maximum Gasteiger partial charge on any atom is 0.264 e. The van der Waals surface area contributed by atoms with E-state index in [0.717, 1.165) is 11.1 Å². The van der Waals surface area contributed by atoms with Gasteiger partial charge in [-0.05, 0) is 43.5 Å². The van der Waals surface area contributed by atoms with Crippen LogP contribution in [-0.4, -0.2) is 21.4 Å². The summed E-state index contributed by atoms with van der Waals surface area (Å²) < 4.78 is 1.41. The molecule has 7 heteroatoms. The van der Waals surface area contributed by atoms with E-state index in [1.54, 1.807) is 13.0 Å². The van der Waals surface area contributed by atoms with Gasteiger partial charge in [0.15, 0.2) is 0 Å². The number of carbonyl (C=O) groups excluding carboxylic acids is 2. The SMILES string of the molecule is Cc1ccccc1CNc1cccc2nc(C)n(C3CCC(=O)NC3=O)c(=O)c12. The fraction of sp³-hybridized carbons (Fsp3) is 0.273. The van der Waals surface area contributed by atoms with Crippen molar-refractivity contribution in [2.75, 3.05) is 5.32 Å². The van der Waals surface area contributed by atoms with Gasteiger partial charge in [0.1, 0.15) is 11.9 Å². The monoisotopic (exact) mass is 390 g/mol. The van der Waals surface area contributed by atoms with Gasteiger partial charge in [-0.25, -0.2) is 4.98 Å². The van der Waals surface area contributed by atoms with Crippen molar-refractivity contribution < 1.29 is 9.59 Å². The van der Waals surface area contributed by atoms with Crippen molar-refractivity contribution in [2.45, 2.75) is 39.3 Å². The van der Waals surface area contributed by atoms with E-state index in [4.69, 9.17) is 0 Å². The number of aromatic nitrogens is 2. The molecule has 2 heterocycles. The Bertz CT molecular complexity index is 1180. The van der Waals surface area contributed by atoms with Crippen LogP contribution in [0.5, 0.6) is 0 Å². The first kappa shape index (κ1) is 18.9. The number of fused-ring (bicyclic) bond motifs is 1. The van der Waals surface area contributed by atoms with Crippen molar-refractivity contribution in [2.24, 2.45) is 0 Å². The highest BCUT2D eigenvalue weighted by Crippen LogP contribution is 2.24. The summed E-state index contributed by atoms with van der Waals surface area (Å²) in [7, 11) is 0. The molecule has 2 aromatic carbocycles. The average molecular weight is 390 g/mol. The zero-order chi connectivity index (χ0) is 20.5. The highest BCUT2D eigenvalue weighted by Gasteiger charge is 2.30. The topological polar surface area (TPSA) is 93.1 Å². The Kier molecular flexibility index (Phi) is 4.88. The maximum absolute atomic E-state index is 13.4. The molecule has 4 rings (SSSR count). The summed E-state index contributed by atoms with van der Waals surface area (Å²) in [6.45, 7) is 4.32. The number of anilines is 1. The second-order valence-corrected chi connectivity index (χ2v) is 7.28. The molecule has 1 unspecified atom stereocenters. The van der Waals surface area contributed by atoms with Crippen molar-refractivity contribution in [3.63, 3.8) is 0 Å². The summed E-state index contributed by atoms with van der Waals surface area (Å²) in [5, 5.41) is 6.10. The van der Waals surface area contributed by atoms with Gasteiger partial charge in [-0.1, -0.05) is 30.3 Å². The molecule has 0 saturated carbocycles. The normalized spacial score (nSPS) is 16.7. The van der Waals surface area contributed by atoms with Crippen molar-refractivity contribution in [1.29, 1.82) is 0 Å². The summed E-state index contributed by atoms with van der Waals surface area (Å²) in [6.07, 6.45) is 0.491. The van der Waals surface area contributed by atoms with Gasteiger partial charge in [-0.3, -0.25) is 24.3 Å². The minimum absolute atomic E-state index is 0.202. The fourth-order valence-corrected chi connectivity index (χ4v) is 3.80. The lowest BCUT2D eigenvalue weighted by Crippen LogP contribution is -2.45. The van der Waals surface area contributed by atoms with Crippen LogP contribution in [0.4, 0.5) is 5.69 Å². The Morgan fingerprint density at radius 3 is 2.66 bits per heavy atom. The van der Waals surface area contributed by atoms with Gasteiger partial charge in [-0.15, -0.1) is 0 Å². The van der Waals surface area contributed by atoms with Crippen LogP contribution >= 0.6 is 0 Å². The Morgan fingerprint density at radius 1 is 1.10 bits per heavy atom. The van der Waals surface area contributed by atoms with Crippen LogP contribution in [0.2, 0.25) is 0 Å². The van der Waals surface area contributed by atoms with Crippen molar-refractivity contribution in [3.8, 4) is 0 Å². The molecule has 0 bridgehead atoms. The largest absolute Gasteiger partial charge is 0.380 e. The van der Waals surface area contributed by atoms with Crippen LogP contribution < -0.4 is 16.2 Å². The first-order chi connectivity index (χ1) is 14.0. The van der Waals surface area contributed by atoms with Gasteiger partial charge < -0.3 is 5.32 Å². The highest BCUT2D eigenvalue weighted by molar-refractivity contribution is 5.99. The summed E-state index contributed by atoms with van der Waals surface area (Å²) in [5.41, 5.74) is 3.26. The Hall–Kier alpha value is -3.48. The molecule has 148 valence electrons. The molecule has 0 radical (unpaired) electrons. The quantitative estimate of drug-likeness (QED) is 0.668. The van der Waals surface area contributed by atoms with E-state index in [1.807, 2.05) is 43.3 Å². The molecule has 0 aliphatic carbocycles. The molecule has 1 aliphatic heterocycles. The Morgan fingerprint density at radius 2 is 1.90 bits per heavy atom. The molecule has 1 saturated heterocycles. The molecular formula is C22H22N4O3. The number of amides is 2. The predicted molar refractivity (Wildman–Crippen MR) is 111 cm³/mol. The number of aryl methyl sites for hydroxylation is 2. The number of nitrogens with zero attached hydrogens (tertiary/aromatic N) is 2. The first-order valence-electron chi connectivity index (χ1n) is 9.59. The molecule has 3 aromatic rings. The molecular weight excluding hydrogens is 368 g/mol. The summed E-state index contributed by atoms with van der Waals surface area (Å²) >= 11 is 0. The van der Waals surface area contributed by atoms with Gasteiger partial charge >= 0.3 is 0 Å². The van der Waals surface area contributed by atoms with Gasteiger partial charge in [0.25, 0.3) is 5.56 Å². The van der Waals surface area contributed by atoms with Crippen molar-refractivity contribution in [1.82, 2.24) is 14.9 Å². The Labute approximate surface area is 167 Å². The van der Waals surface area contributed by atoms with E-state index in [0.29, 0.717) is 29.0 Å². The maximum atomic E-state index is 13.4. The van der Waals surface area contributed by atoms with E-state index in [2.05, 4.69) is 15.6 Å². The van der Waals surface area contributed by atoms with Crippen LogP contribution in [0.25, 0.3) is 10.9 Å². The third-order valence-electron chi connectivity index (χ3n) is 5.36. The number of rotatable bonds is 4. The number of hydrogen-bond donors (Lipinski definition) is 2. The molecule has 7 nitrogen and oxygen atoms in total. The molecule has 1 fully saturated rings. The van der Waals surface area contributed by atoms with E-state index < -0.39 is 11.9 Å². The molecule has 0 spiro atoms. The number of benzene rings is 2. The predicted octanol–water partition coefficient (Wildman–Crippen LogP) is 2.60. The van der Waals surface area contributed by atoms with Gasteiger partial charge in [0, 0.05) is 18.7 Å². The number of hydrogen-bond acceptors (Lipinski definition) is 5. The van der Waals surface area contributed by atoms with Gasteiger partial charge in [-0.2, -0.15) is 0 Å². The number of piperidine rings is 1. The standard InChI is InChI=1S/C22H22N4O3/c1-13-6-3-4-7-15(13)12-23-16-8-5-9-17-20(16)22(29)26(14(2)24-17)18-10-11-19(27)25-21(18)28/h3-9,18,23H,10-12H2,1-2H3,(H,25,27,28). The van der Waals surface area contributed by atoms with Crippen molar-refractivity contribution in [3.05, 3.63) is 69.8 Å². The molecule has 1 aliphatic rings. The van der Waals surface area contributed by atoms with E-state index in [-0.39, 0.29) is 24.3 Å². The lowest BCUT2D eigenvalue weighted by atomic mass is 10.0. The van der Waals surface area contributed by atoms with Crippen LogP contribution in [0, 0.1) is 13.8 Å². The van der Waals surface area contributed by atoms with Crippen LogP contribution in [-0.2, 0) is 16.1 Å². The molecule has 2 amide bonds. The highest BCUT2D eigenvalue weighted by atomic mass is 16.2. The summed E-state index contributed by atoms with van der Waals surface area (Å²) in [6, 6.07) is 12.8. The van der Waals surface area contributed by atoms with Gasteiger partial charge in [0.05, 0.1) is 10.9 Å². The van der Waals surface area contributed by atoms with E-state index in [1.165, 1.54) is 4.57 Å². The fourth-order valence-electron chi connectivity index (χ4n) is 3.80. The van der Waals surface area contributed by atoms with Crippen LogP contribution in [0.15, 0.2) is 47.3 Å². The molecule has 1 aromatic heterocycles. The molecule has 29 heavy (non-hydrogen) atoms. The minimum Gasteiger partial charge on any atom is -0.380 e. The molecule has 2 N–H and O–H groups in total. The van der Waals surface area contributed by atoms with E-state index in [9.17, 15) is 14.4 Å². The number of carbonyl (C=O) groups is 2. The lowest BCUT2D eigenvalue weighted by Gasteiger charge is -2.24. The van der Waals surface area contributed by atoms with Crippen LogP contribution in [0.3, 0.4) is 0 Å². The zero-order valence-corrected chi connectivity index (χ0v) is 16.4. The summed E-state index contributed by atoms with van der Waals surface area (Å²) in [5.74, 6) is -0.322. The summed E-state index contributed by atoms with van der Waals surface area (Å²) in [4.78, 5) is 41.8. The first-order valence-corrected chi connectivity index (χ1v) is 9.59. The number of nitrogens with one attached hydrogen (secondary N) is 2. The number of imide groups is 1. The lowest BCUT2D eigenvalue weighted by molar-refractivity contribution is -0.135. The van der Waals surface area contributed by atoms with Gasteiger partial charge in [0.2, 0.25) is 11.8 Å². The smallest absolute Gasteiger partial charge is 0.264 e. The molecule has 1 atom stereocenters. The minimum atomic E-state index is -0.735. The van der Waals surface area contributed by atoms with Crippen LogP contribution in [0.1, 0.15) is 35.8 Å². The third kappa shape index (κ3) is 3.51. The van der Waals surface area contributed by atoms with E-state index >= 15 is 0 Å². The second-order valence-electron chi connectivity index (χ2n) is 7.28.